The van der Waals surface area contributed by atoms with E-state index < -0.39 is 0 Å². The van der Waals surface area contributed by atoms with Crippen molar-refractivity contribution < 1.29 is 9.59 Å². The smallest absolute Gasteiger partial charge is 0.242 e. The van der Waals surface area contributed by atoms with Gasteiger partial charge >= 0.3 is 0 Å². The van der Waals surface area contributed by atoms with Gasteiger partial charge in [-0.1, -0.05) is 71.7 Å². The molecule has 1 aliphatic rings. The highest BCUT2D eigenvalue weighted by molar-refractivity contribution is 9.10. The van der Waals surface area contributed by atoms with E-state index in [1.165, 1.54) is 11.1 Å². The van der Waals surface area contributed by atoms with E-state index in [1.807, 2.05) is 43.0 Å². The number of carbonyl (C=O) groups is 2. The molecular weight excluding hydrogens is 526 g/mol. The van der Waals surface area contributed by atoms with Crippen LogP contribution in [0.3, 0.4) is 0 Å². The van der Waals surface area contributed by atoms with Crippen LogP contribution in [0.1, 0.15) is 62.8 Å². The van der Waals surface area contributed by atoms with Gasteiger partial charge in [0.1, 0.15) is 0 Å². The molecule has 1 heterocycles. The molecule has 1 aromatic heterocycles. The van der Waals surface area contributed by atoms with Gasteiger partial charge in [-0.25, -0.2) is 0 Å². The highest BCUT2D eigenvalue weighted by Crippen LogP contribution is 2.48. The minimum absolute atomic E-state index is 0.0174. The van der Waals surface area contributed by atoms with Gasteiger partial charge < -0.3 is 14.4 Å². The fourth-order valence-electron chi connectivity index (χ4n) is 4.88. The summed E-state index contributed by atoms with van der Waals surface area (Å²) in [5.74, 6) is 0.364. The number of benzene rings is 2. The molecule has 0 N–H and O–H groups in total. The van der Waals surface area contributed by atoms with Crippen molar-refractivity contribution in [3.05, 3.63) is 94.2 Å². The van der Waals surface area contributed by atoms with Gasteiger partial charge in [0.25, 0.3) is 0 Å². The summed E-state index contributed by atoms with van der Waals surface area (Å²) < 4.78 is 3.26. The van der Waals surface area contributed by atoms with Gasteiger partial charge in [0, 0.05) is 41.4 Å². The Balaban J connectivity index is 1.44. The first-order valence-corrected chi connectivity index (χ1v) is 14.2. The molecule has 196 valence electrons. The van der Waals surface area contributed by atoms with Crippen LogP contribution in [0.15, 0.2) is 77.4 Å². The van der Waals surface area contributed by atoms with E-state index >= 15 is 0 Å². The van der Waals surface area contributed by atoms with Crippen LogP contribution in [0.5, 0.6) is 0 Å². The number of hydrogen-bond donors (Lipinski definition) is 0. The van der Waals surface area contributed by atoms with E-state index in [0.717, 1.165) is 36.0 Å². The van der Waals surface area contributed by atoms with Crippen molar-refractivity contribution in [2.75, 3.05) is 13.1 Å². The molecule has 3 aromatic rings. The Morgan fingerprint density at radius 3 is 2.43 bits per heavy atom. The van der Waals surface area contributed by atoms with E-state index in [1.54, 1.807) is 4.90 Å². The molecule has 2 amide bonds. The SMILES string of the molecule is CCCCN(Cc1cccn1Cc1ccc(Br)cc1)C(=O)CN(C(=O)C1C[C@H]1c1ccccc1)C(C)C. The zero-order valence-electron chi connectivity index (χ0n) is 22.1. The molecule has 5 nitrogen and oxygen atoms in total. The highest BCUT2D eigenvalue weighted by Gasteiger charge is 2.46. The average molecular weight is 565 g/mol. The number of carbonyl (C=O) groups excluding carboxylic acids is 2. The molecule has 2 atom stereocenters. The molecule has 0 bridgehead atoms. The molecule has 37 heavy (non-hydrogen) atoms. The van der Waals surface area contributed by atoms with Crippen LogP contribution in [0, 0.1) is 5.92 Å². The van der Waals surface area contributed by atoms with Gasteiger partial charge in [0.15, 0.2) is 0 Å². The zero-order chi connectivity index (χ0) is 26.4. The summed E-state index contributed by atoms with van der Waals surface area (Å²) in [5.41, 5.74) is 3.52. The van der Waals surface area contributed by atoms with Crippen LogP contribution in [0.2, 0.25) is 0 Å². The van der Waals surface area contributed by atoms with Crippen molar-refractivity contribution in [3.63, 3.8) is 0 Å². The third-order valence-corrected chi connectivity index (χ3v) is 7.75. The molecule has 2 aromatic carbocycles. The second kappa shape index (κ2) is 12.6. The lowest BCUT2D eigenvalue weighted by Gasteiger charge is -2.30. The maximum atomic E-state index is 13.6. The second-order valence-electron chi connectivity index (χ2n) is 10.3. The largest absolute Gasteiger partial charge is 0.345 e. The summed E-state index contributed by atoms with van der Waals surface area (Å²) in [4.78, 5) is 30.8. The van der Waals surface area contributed by atoms with Crippen LogP contribution >= 0.6 is 15.9 Å². The maximum Gasteiger partial charge on any atom is 0.242 e. The molecule has 1 saturated carbocycles. The summed E-state index contributed by atoms with van der Waals surface area (Å²) in [5, 5.41) is 0. The number of aromatic nitrogens is 1. The Kier molecular flexibility index (Phi) is 9.25. The van der Waals surface area contributed by atoms with Crippen LogP contribution < -0.4 is 0 Å². The van der Waals surface area contributed by atoms with E-state index in [-0.39, 0.29) is 36.2 Å². The fourth-order valence-corrected chi connectivity index (χ4v) is 5.14. The molecule has 1 aliphatic carbocycles. The lowest BCUT2D eigenvalue weighted by molar-refractivity contribution is -0.143. The van der Waals surface area contributed by atoms with Crippen LogP contribution in [-0.2, 0) is 22.7 Å². The maximum absolute atomic E-state index is 13.6. The summed E-state index contributed by atoms with van der Waals surface area (Å²) >= 11 is 3.50. The average Bonchev–Trinajstić information content (AvgIpc) is 3.59. The Hall–Kier alpha value is -2.86. The van der Waals surface area contributed by atoms with Gasteiger partial charge in [0.05, 0.1) is 13.1 Å². The van der Waals surface area contributed by atoms with Gasteiger partial charge in [-0.2, -0.15) is 0 Å². The Bertz CT molecular complexity index is 1170. The monoisotopic (exact) mass is 563 g/mol. The van der Waals surface area contributed by atoms with Crippen LogP contribution in [-0.4, -0.2) is 45.3 Å². The van der Waals surface area contributed by atoms with E-state index in [0.29, 0.717) is 13.1 Å². The first-order chi connectivity index (χ1) is 17.9. The van der Waals surface area contributed by atoms with E-state index in [4.69, 9.17) is 0 Å². The molecular formula is C31H38BrN3O2. The Morgan fingerprint density at radius 1 is 1.03 bits per heavy atom. The fraction of sp³-hybridized carbons (Fsp3) is 0.419. The van der Waals surface area contributed by atoms with Crippen molar-refractivity contribution in [1.29, 1.82) is 0 Å². The molecule has 0 radical (unpaired) electrons. The van der Waals surface area contributed by atoms with Crippen LogP contribution in [0.25, 0.3) is 0 Å². The van der Waals surface area contributed by atoms with Crippen LogP contribution in [0.4, 0.5) is 0 Å². The molecule has 1 fully saturated rings. The normalized spacial score (nSPS) is 16.6. The number of hydrogen-bond acceptors (Lipinski definition) is 2. The van der Waals surface area contributed by atoms with Crippen molar-refractivity contribution in [1.82, 2.24) is 14.4 Å². The molecule has 6 heteroatoms. The summed E-state index contributed by atoms with van der Waals surface area (Å²) in [6.45, 7) is 8.26. The topological polar surface area (TPSA) is 45.6 Å². The number of rotatable bonds is 12. The summed E-state index contributed by atoms with van der Waals surface area (Å²) in [6, 6.07) is 22.7. The minimum atomic E-state index is -0.0252. The molecule has 1 unspecified atom stereocenters. The van der Waals surface area contributed by atoms with Crippen molar-refractivity contribution >= 4 is 27.7 Å². The van der Waals surface area contributed by atoms with Gasteiger partial charge in [-0.15, -0.1) is 0 Å². The Labute approximate surface area is 229 Å². The molecule has 0 spiro atoms. The predicted octanol–water partition coefficient (Wildman–Crippen LogP) is 6.47. The Morgan fingerprint density at radius 2 is 1.76 bits per heavy atom. The number of halogens is 1. The predicted molar refractivity (Wildman–Crippen MR) is 152 cm³/mol. The first-order valence-electron chi connectivity index (χ1n) is 13.4. The molecule has 0 aliphatic heterocycles. The number of unbranched alkanes of at least 4 members (excludes halogenated alkanes) is 1. The van der Waals surface area contributed by atoms with Gasteiger partial charge in [-0.05, 0) is 68.0 Å². The van der Waals surface area contributed by atoms with Crippen molar-refractivity contribution in [2.45, 2.75) is 65.1 Å². The minimum Gasteiger partial charge on any atom is -0.345 e. The summed E-state index contributed by atoms with van der Waals surface area (Å²) in [6.07, 6.45) is 4.88. The van der Waals surface area contributed by atoms with E-state index in [2.05, 4.69) is 76.1 Å². The van der Waals surface area contributed by atoms with Gasteiger partial charge in [-0.3, -0.25) is 9.59 Å². The van der Waals surface area contributed by atoms with Crippen molar-refractivity contribution in [3.8, 4) is 0 Å². The zero-order valence-corrected chi connectivity index (χ0v) is 23.7. The van der Waals surface area contributed by atoms with E-state index in [9.17, 15) is 9.59 Å². The third kappa shape index (κ3) is 7.13. The van der Waals surface area contributed by atoms with Gasteiger partial charge in [0.2, 0.25) is 11.8 Å². The lowest BCUT2D eigenvalue weighted by atomic mass is 10.1. The first kappa shape index (κ1) is 27.2. The number of amides is 2. The second-order valence-corrected chi connectivity index (χ2v) is 11.3. The number of nitrogens with zero attached hydrogens (tertiary/aromatic N) is 3. The highest BCUT2D eigenvalue weighted by atomic mass is 79.9. The molecule has 0 saturated heterocycles. The lowest BCUT2D eigenvalue weighted by Crippen LogP contribution is -2.46. The van der Waals surface area contributed by atoms with Crippen molar-refractivity contribution in [2.24, 2.45) is 5.92 Å². The quantitative estimate of drug-likeness (QED) is 0.253. The third-order valence-electron chi connectivity index (χ3n) is 7.22. The standard InChI is InChI=1S/C31H38BrN3O2/c1-4-5-17-34(21-27-12-9-18-33(27)20-24-13-15-26(32)16-14-24)30(36)22-35(23(2)3)31(37)29-19-28(29)25-10-7-6-8-11-25/h6-16,18,23,28-29H,4-5,17,19-22H2,1-3H3/t28-,29?/m0/s1. The summed E-state index contributed by atoms with van der Waals surface area (Å²) in [7, 11) is 0. The molecule has 4 rings (SSSR count).